The second kappa shape index (κ2) is 6.45. The van der Waals surface area contributed by atoms with Crippen LogP contribution in [0.3, 0.4) is 0 Å². The zero-order valence-corrected chi connectivity index (χ0v) is 15.5. The summed E-state index contributed by atoms with van der Waals surface area (Å²) in [5.41, 5.74) is 4.43. The van der Waals surface area contributed by atoms with Crippen LogP contribution >= 0.6 is 0 Å². The number of hydrogen-bond acceptors (Lipinski definition) is 3. The van der Waals surface area contributed by atoms with Gasteiger partial charge >= 0.3 is 0 Å². The first-order valence-electron chi connectivity index (χ1n) is 7.80. The number of aromatic nitrogens is 2. The van der Waals surface area contributed by atoms with Crippen LogP contribution in [0.5, 0.6) is 0 Å². The van der Waals surface area contributed by atoms with Crippen LogP contribution in [0.15, 0.2) is 23.1 Å². The Balaban J connectivity index is 2.36. The molecule has 0 saturated heterocycles. The third-order valence-corrected chi connectivity index (χ3v) is 5.90. The van der Waals surface area contributed by atoms with Gasteiger partial charge < -0.3 is 0 Å². The molecule has 0 aliphatic heterocycles. The molecule has 2 rings (SSSR count). The van der Waals surface area contributed by atoms with Gasteiger partial charge in [0.25, 0.3) is 0 Å². The lowest BCUT2D eigenvalue weighted by Gasteiger charge is -2.17. The van der Waals surface area contributed by atoms with Crippen molar-refractivity contribution in [1.82, 2.24) is 14.5 Å². The molecule has 0 saturated carbocycles. The fraction of sp³-hybridized carbons (Fsp3) is 0.471. The van der Waals surface area contributed by atoms with Gasteiger partial charge in [-0.25, -0.2) is 13.1 Å². The van der Waals surface area contributed by atoms with Crippen LogP contribution in [0, 0.1) is 27.7 Å². The van der Waals surface area contributed by atoms with Gasteiger partial charge in [0.1, 0.15) is 4.90 Å². The third-order valence-electron chi connectivity index (χ3n) is 4.11. The van der Waals surface area contributed by atoms with Crippen molar-refractivity contribution in [2.75, 3.05) is 0 Å². The molecule has 0 radical (unpaired) electrons. The minimum atomic E-state index is -3.62. The number of hydrogen-bond donors (Lipinski definition) is 1. The second-order valence-corrected chi connectivity index (χ2v) is 7.67. The van der Waals surface area contributed by atoms with Gasteiger partial charge in [-0.05, 0) is 52.7 Å². The van der Waals surface area contributed by atoms with Crippen molar-refractivity contribution in [3.63, 3.8) is 0 Å². The quantitative estimate of drug-likeness (QED) is 0.913. The zero-order chi connectivity index (χ0) is 17.4. The first kappa shape index (κ1) is 17.7. The lowest BCUT2D eigenvalue weighted by Crippen LogP contribution is -2.28. The second-order valence-electron chi connectivity index (χ2n) is 6.02. The van der Waals surface area contributed by atoms with Crippen LogP contribution in [0.2, 0.25) is 0 Å². The Morgan fingerprint density at radius 3 is 2.39 bits per heavy atom. The van der Waals surface area contributed by atoms with Gasteiger partial charge in [-0.1, -0.05) is 23.8 Å². The average Bonchev–Trinajstić information content (AvgIpc) is 2.72. The molecule has 0 bridgehead atoms. The fourth-order valence-corrected chi connectivity index (χ4v) is 4.68. The van der Waals surface area contributed by atoms with Crippen LogP contribution in [-0.4, -0.2) is 18.2 Å². The van der Waals surface area contributed by atoms with Crippen LogP contribution < -0.4 is 4.72 Å². The van der Waals surface area contributed by atoms with Crippen LogP contribution in [0.4, 0.5) is 0 Å². The van der Waals surface area contributed by atoms with E-state index in [0.717, 1.165) is 16.7 Å². The van der Waals surface area contributed by atoms with Crippen molar-refractivity contribution < 1.29 is 8.42 Å². The molecule has 0 fully saturated rings. The van der Waals surface area contributed by atoms with Gasteiger partial charge in [-0.2, -0.15) is 5.10 Å². The number of rotatable bonds is 5. The molecule has 1 heterocycles. The first-order valence-corrected chi connectivity index (χ1v) is 9.29. The summed E-state index contributed by atoms with van der Waals surface area (Å²) >= 11 is 0. The van der Waals surface area contributed by atoms with E-state index in [1.165, 1.54) is 0 Å². The smallest absolute Gasteiger partial charge is 0.244 e. The number of benzene rings is 1. The highest BCUT2D eigenvalue weighted by molar-refractivity contribution is 7.89. The molecule has 0 amide bonds. The molecule has 0 aliphatic carbocycles. The molecule has 1 aromatic carbocycles. The molecule has 1 N–H and O–H groups in total. The summed E-state index contributed by atoms with van der Waals surface area (Å²) < 4.78 is 30.1. The van der Waals surface area contributed by atoms with Crippen molar-refractivity contribution in [2.24, 2.45) is 0 Å². The lowest BCUT2D eigenvalue weighted by molar-refractivity contribution is 0.564. The first-order chi connectivity index (χ1) is 10.7. The molecule has 1 atom stereocenters. The molecule has 0 spiro atoms. The highest BCUT2D eigenvalue weighted by Crippen LogP contribution is 2.24. The van der Waals surface area contributed by atoms with E-state index in [0.29, 0.717) is 17.9 Å². The lowest BCUT2D eigenvalue weighted by atomic mass is 10.0. The van der Waals surface area contributed by atoms with E-state index in [1.54, 1.807) is 18.5 Å². The molecule has 1 aromatic heterocycles. The number of nitrogens with one attached hydrogen (secondary N) is 1. The SMILES string of the molecule is CCn1nc(C)c(S(=O)(=O)N[C@H](C)c2ccc(C)cc2C)c1C. The average molecular weight is 335 g/mol. The van der Waals surface area contributed by atoms with Crippen LogP contribution in [0.25, 0.3) is 0 Å². The predicted octanol–water partition coefficient (Wildman–Crippen LogP) is 3.18. The summed E-state index contributed by atoms with van der Waals surface area (Å²) in [5.74, 6) is 0. The van der Waals surface area contributed by atoms with Crippen molar-refractivity contribution in [1.29, 1.82) is 0 Å². The topological polar surface area (TPSA) is 64.0 Å². The normalized spacial score (nSPS) is 13.3. The van der Waals surface area contributed by atoms with Crippen molar-refractivity contribution in [2.45, 2.75) is 59.0 Å². The van der Waals surface area contributed by atoms with Gasteiger partial charge in [-0.3, -0.25) is 4.68 Å². The standard InChI is InChI=1S/C17H25N3O2S/c1-7-20-15(6)17(14(5)18-20)23(21,22)19-13(4)16-9-8-11(2)10-12(16)3/h8-10,13,19H,7H2,1-6H3/t13-/m1/s1. The van der Waals surface area contributed by atoms with Gasteiger partial charge in [0.05, 0.1) is 11.4 Å². The number of sulfonamides is 1. The summed E-state index contributed by atoms with van der Waals surface area (Å²) in [5, 5.41) is 4.30. The maximum Gasteiger partial charge on any atom is 0.244 e. The summed E-state index contributed by atoms with van der Waals surface area (Å²) in [6.45, 7) is 12.0. The summed E-state index contributed by atoms with van der Waals surface area (Å²) in [7, 11) is -3.62. The maximum atomic E-state index is 12.8. The largest absolute Gasteiger partial charge is 0.268 e. The fourth-order valence-electron chi connectivity index (χ4n) is 3.04. The van der Waals surface area contributed by atoms with Crippen LogP contribution in [-0.2, 0) is 16.6 Å². The Bertz CT molecular complexity index is 823. The summed E-state index contributed by atoms with van der Waals surface area (Å²) in [6.07, 6.45) is 0. The predicted molar refractivity (Wildman–Crippen MR) is 92.0 cm³/mol. The van der Waals surface area contributed by atoms with E-state index >= 15 is 0 Å². The molecule has 5 nitrogen and oxygen atoms in total. The molecule has 0 aliphatic rings. The van der Waals surface area contributed by atoms with E-state index < -0.39 is 10.0 Å². The maximum absolute atomic E-state index is 12.8. The minimum absolute atomic E-state index is 0.288. The van der Waals surface area contributed by atoms with Gasteiger partial charge in [-0.15, -0.1) is 0 Å². The van der Waals surface area contributed by atoms with E-state index in [2.05, 4.69) is 15.9 Å². The van der Waals surface area contributed by atoms with Crippen molar-refractivity contribution >= 4 is 10.0 Å². The van der Waals surface area contributed by atoms with Crippen LogP contribution in [0.1, 0.15) is 48.0 Å². The van der Waals surface area contributed by atoms with E-state index in [-0.39, 0.29) is 10.9 Å². The zero-order valence-electron chi connectivity index (χ0n) is 14.6. The van der Waals surface area contributed by atoms with Crippen molar-refractivity contribution in [3.05, 3.63) is 46.3 Å². The number of aryl methyl sites for hydroxylation is 4. The van der Waals surface area contributed by atoms with E-state index in [4.69, 9.17) is 0 Å². The molecule has 2 aromatic rings. The highest BCUT2D eigenvalue weighted by Gasteiger charge is 2.26. The minimum Gasteiger partial charge on any atom is -0.268 e. The van der Waals surface area contributed by atoms with E-state index in [1.807, 2.05) is 39.8 Å². The summed E-state index contributed by atoms with van der Waals surface area (Å²) in [4.78, 5) is 0.288. The third kappa shape index (κ3) is 3.48. The van der Waals surface area contributed by atoms with E-state index in [9.17, 15) is 8.42 Å². The highest BCUT2D eigenvalue weighted by atomic mass is 32.2. The van der Waals surface area contributed by atoms with Gasteiger partial charge in [0.15, 0.2) is 0 Å². The molecule has 6 heteroatoms. The molecule has 23 heavy (non-hydrogen) atoms. The van der Waals surface area contributed by atoms with Gasteiger partial charge in [0.2, 0.25) is 10.0 Å². The van der Waals surface area contributed by atoms with Crippen molar-refractivity contribution in [3.8, 4) is 0 Å². The molecular weight excluding hydrogens is 310 g/mol. The Hall–Kier alpha value is -1.66. The van der Waals surface area contributed by atoms with Gasteiger partial charge in [0, 0.05) is 12.6 Å². The molecule has 0 unspecified atom stereocenters. The Morgan fingerprint density at radius 2 is 1.87 bits per heavy atom. The Morgan fingerprint density at radius 1 is 1.22 bits per heavy atom. The Kier molecular flexibility index (Phi) is 4.96. The Labute approximate surface area is 138 Å². The molecular formula is C17H25N3O2S. The monoisotopic (exact) mass is 335 g/mol. The molecule has 126 valence electrons. The summed E-state index contributed by atoms with van der Waals surface area (Å²) in [6, 6.07) is 5.74. The number of nitrogens with zero attached hydrogens (tertiary/aromatic N) is 2.